The lowest BCUT2D eigenvalue weighted by Crippen LogP contribution is -2.47. The van der Waals surface area contributed by atoms with Gasteiger partial charge in [-0.25, -0.2) is 0 Å². The molecule has 1 saturated heterocycles. The van der Waals surface area contributed by atoms with Crippen LogP contribution in [0.1, 0.15) is 24.4 Å². The van der Waals surface area contributed by atoms with Gasteiger partial charge in [0.1, 0.15) is 23.2 Å². The fourth-order valence-electron chi connectivity index (χ4n) is 4.14. The molecule has 0 radical (unpaired) electrons. The quantitative estimate of drug-likeness (QED) is 0.704. The lowest BCUT2D eigenvalue weighted by molar-refractivity contribution is 0.0921. The van der Waals surface area contributed by atoms with Crippen LogP contribution in [0.2, 0.25) is 0 Å². The molecule has 0 amide bonds. The summed E-state index contributed by atoms with van der Waals surface area (Å²) in [5, 5.41) is 12.0. The molecule has 1 N–H and O–H groups in total. The molecule has 1 aliphatic heterocycles. The van der Waals surface area contributed by atoms with Crippen molar-refractivity contribution >= 4 is 16.7 Å². The summed E-state index contributed by atoms with van der Waals surface area (Å²) >= 11 is 0. The van der Waals surface area contributed by atoms with Gasteiger partial charge in [0.15, 0.2) is 0 Å². The maximum absolute atomic E-state index is 10.9. The number of benzene rings is 2. The molecule has 4 rings (SSSR count). The third-order valence-corrected chi connectivity index (χ3v) is 5.62. The Balaban J connectivity index is 1.42. The lowest BCUT2D eigenvalue weighted by Gasteiger charge is -2.37. The fourth-order valence-corrected chi connectivity index (χ4v) is 4.14. The first-order valence-corrected chi connectivity index (χ1v) is 10.00. The van der Waals surface area contributed by atoms with E-state index in [1.54, 1.807) is 7.11 Å². The van der Waals surface area contributed by atoms with Crippen molar-refractivity contribution in [3.63, 3.8) is 0 Å². The maximum Gasteiger partial charge on any atom is 0.142 e. The average Bonchev–Trinajstić information content (AvgIpc) is 3.13. The summed E-state index contributed by atoms with van der Waals surface area (Å²) in [7, 11) is 1.71. The maximum atomic E-state index is 10.9. The van der Waals surface area contributed by atoms with Gasteiger partial charge in [0.05, 0.1) is 12.8 Å². The van der Waals surface area contributed by atoms with Crippen LogP contribution < -0.4 is 9.64 Å². The number of ether oxygens (including phenoxy) is 1. The normalized spacial score (nSPS) is 16.5. The van der Waals surface area contributed by atoms with Gasteiger partial charge in [-0.1, -0.05) is 37.3 Å². The van der Waals surface area contributed by atoms with Crippen molar-refractivity contribution in [1.82, 2.24) is 4.90 Å². The number of nitrogens with zero attached hydrogens (tertiary/aromatic N) is 2. The highest BCUT2D eigenvalue weighted by Gasteiger charge is 2.25. The molecule has 1 aliphatic rings. The molecule has 3 aromatic rings. The lowest BCUT2D eigenvalue weighted by atomic mass is 10.1. The molecule has 1 unspecified atom stereocenters. The van der Waals surface area contributed by atoms with Crippen molar-refractivity contribution in [2.24, 2.45) is 0 Å². The summed E-state index contributed by atoms with van der Waals surface area (Å²) in [6.07, 6.45) is 0.241. The highest BCUT2D eigenvalue weighted by molar-refractivity contribution is 5.82. The topological polar surface area (TPSA) is 49.1 Å². The smallest absolute Gasteiger partial charge is 0.142 e. The molecule has 5 heteroatoms. The van der Waals surface area contributed by atoms with Crippen LogP contribution in [0.5, 0.6) is 5.75 Å². The van der Waals surface area contributed by atoms with Gasteiger partial charge in [0, 0.05) is 43.7 Å². The molecule has 0 spiro atoms. The molecule has 2 aromatic carbocycles. The van der Waals surface area contributed by atoms with Crippen molar-refractivity contribution in [2.45, 2.75) is 19.4 Å². The molecule has 28 heavy (non-hydrogen) atoms. The van der Waals surface area contributed by atoms with Gasteiger partial charge in [0.25, 0.3) is 0 Å². The van der Waals surface area contributed by atoms with Crippen LogP contribution in [0.4, 0.5) is 5.69 Å². The molecule has 0 aliphatic carbocycles. The van der Waals surface area contributed by atoms with Crippen molar-refractivity contribution in [3.05, 3.63) is 59.9 Å². The summed E-state index contributed by atoms with van der Waals surface area (Å²) in [6.45, 7) is 6.32. The molecular weight excluding hydrogens is 352 g/mol. The molecule has 1 atom stereocenters. The predicted molar refractivity (Wildman–Crippen MR) is 112 cm³/mol. The first-order valence-electron chi connectivity index (χ1n) is 10.00. The van der Waals surface area contributed by atoms with E-state index in [2.05, 4.69) is 28.9 Å². The van der Waals surface area contributed by atoms with Gasteiger partial charge >= 0.3 is 0 Å². The van der Waals surface area contributed by atoms with E-state index in [0.29, 0.717) is 6.54 Å². The van der Waals surface area contributed by atoms with E-state index in [4.69, 9.17) is 9.15 Å². The van der Waals surface area contributed by atoms with Gasteiger partial charge in [-0.2, -0.15) is 0 Å². The van der Waals surface area contributed by atoms with Crippen LogP contribution in [-0.4, -0.2) is 49.8 Å². The van der Waals surface area contributed by atoms with Gasteiger partial charge in [-0.15, -0.1) is 0 Å². The van der Waals surface area contributed by atoms with E-state index >= 15 is 0 Å². The van der Waals surface area contributed by atoms with Crippen LogP contribution >= 0.6 is 0 Å². The number of fused-ring (bicyclic) bond motifs is 1. The number of methoxy groups -OCH3 is 1. The Morgan fingerprint density at radius 1 is 1.04 bits per heavy atom. The number of β-amino-alcohol motifs (C(OH)–C–C–N with tert-alkyl or cyclic N) is 1. The van der Waals surface area contributed by atoms with Crippen LogP contribution in [0.25, 0.3) is 11.0 Å². The number of hydrogen-bond acceptors (Lipinski definition) is 5. The second kappa shape index (κ2) is 8.25. The summed E-state index contributed by atoms with van der Waals surface area (Å²) in [4.78, 5) is 4.66. The number of aliphatic hydroxyl groups is 1. The third-order valence-electron chi connectivity index (χ3n) is 5.62. The second-order valence-corrected chi connectivity index (χ2v) is 7.27. The second-order valence-electron chi connectivity index (χ2n) is 7.27. The number of para-hydroxylation sites is 3. The molecule has 1 fully saturated rings. The largest absolute Gasteiger partial charge is 0.495 e. The number of rotatable bonds is 6. The van der Waals surface area contributed by atoms with Gasteiger partial charge in [-0.05, 0) is 24.6 Å². The summed E-state index contributed by atoms with van der Waals surface area (Å²) < 4.78 is 11.5. The number of piperazine rings is 1. The molecule has 2 heterocycles. The number of furan rings is 1. The van der Waals surface area contributed by atoms with Crippen LogP contribution in [0, 0.1) is 0 Å². The van der Waals surface area contributed by atoms with E-state index in [0.717, 1.165) is 66.3 Å². The van der Waals surface area contributed by atoms with E-state index < -0.39 is 6.10 Å². The highest BCUT2D eigenvalue weighted by Crippen LogP contribution is 2.32. The fraction of sp³-hybridized carbons (Fsp3) is 0.391. The minimum atomic E-state index is -0.611. The Morgan fingerprint density at radius 2 is 1.75 bits per heavy atom. The summed E-state index contributed by atoms with van der Waals surface area (Å²) in [5.41, 5.74) is 3.11. The predicted octanol–water partition coefficient (Wildman–Crippen LogP) is 3.86. The zero-order valence-electron chi connectivity index (χ0n) is 16.6. The molecule has 0 saturated carbocycles. The van der Waals surface area contributed by atoms with Crippen LogP contribution in [-0.2, 0) is 6.42 Å². The molecule has 0 bridgehead atoms. The van der Waals surface area contributed by atoms with Gasteiger partial charge < -0.3 is 19.2 Å². The van der Waals surface area contributed by atoms with Gasteiger partial charge in [0.2, 0.25) is 0 Å². The van der Waals surface area contributed by atoms with E-state index in [1.165, 1.54) is 0 Å². The molecule has 5 nitrogen and oxygen atoms in total. The number of anilines is 1. The van der Waals surface area contributed by atoms with Crippen molar-refractivity contribution < 1.29 is 14.3 Å². The van der Waals surface area contributed by atoms with E-state index in [-0.39, 0.29) is 0 Å². The first kappa shape index (κ1) is 18.8. The number of aliphatic hydroxyl groups excluding tert-OH is 1. The Morgan fingerprint density at radius 3 is 2.50 bits per heavy atom. The van der Waals surface area contributed by atoms with Crippen molar-refractivity contribution in [2.75, 3.05) is 44.7 Å². The summed E-state index contributed by atoms with van der Waals surface area (Å²) in [6, 6.07) is 16.2. The van der Waals surface area contributed by atoms with Crippen molar-refractivity contribution in [1.29, 1.82) is 0 Å². The third kappa shape index (κ3) is 3.60. The Kier molecular flexibility index (Phi) is 5.55. The monoisotopic (exact) mass is 380 g/mol. The average molecular weight is 380 g/mol. The van der Waals surface area contributed by atoms with Crippen LogP contribution in [0.3, 0.4) is 0 Å². The van der Waals surface area contributed by atoms with Gasteiger partial charge in [-0.3, -0.25) is 4.90 Å². The Hall–Kier alpha value is -2.50. The minimum Gasteiger partial charge on any atom is -0.495 e. The summed E-state index contributed by atoms with van der Waals surface area (Å²) in [5.74, 6) is 1.63. The zero-order chi connectivity index (χ0) is 19.5. The SMILES string of the molecule is CCc1c(C(O)CN2CCN(c3ccccc3OC)CC2)oc2ccccc12. The molecular formula is C23H28N2O3. The Labute approximate surface area is 166 Å². The highest BCUT2D eigenvalue weighted by atomic mass is 16.5. The number of aryl methyl sites for hydroxylation is 1. The number of hydrogen-bond donors (Lipinski definition) is 1. The van der Waals surface area contributed by atoms with E-state index in [1.807, 2.05) is 36.4 Å². The zero-order valence-corrected chi connectivity index (χ0v) is 16.6. The van der Waals surface area contributed by atoms with E-state index in [9.17, 15) is 5.11 Å². The first-order chi connectivity index (χ1) is 13.7. The standard InChI is InChI=1S/C23H28N2O3/c1-3-17-18-8-4-6-10-21(18)28-23(17)20(26)16-24-12-14-25(15-13-24)19-9-5-7-11-22(19)27-2/h4-11,20,26H,3,12-16H2,1-2H3. The van der Waals surface area contributed by atoms with Crippen LogP contribution in [0.15, 0.2) is 52.9 Å². The minimum absolute atomic E-state index is 0.590. The van der Waals surface area contributed by atoms with Crippen molar-refractivity contribution in [3.8, 4) is 5.75 Å². The molecule has 1 aromatic heterocycles. The molecule has 148 valence electrons. The Bertz CT molecular complexity index is 928.